The maximum Gasteiger partial charge on any atom is 3.00 e. The van der Waals surface area contributed by atoms with Gasteiger partial charge in [0, 0.05) is 32.5 Å². The van der Waals surface area contributed by atoms with E-state index in [4.69, 9.17) is 0 Å². The van der Waals surface area contributed by atoms with Crippen molar-refractivity contribution in [3.05, 3.63) is 39.1 Å². The number of benzene rings is 1. The van der Waals surface area contributed by atoms with E-state index in [9.17, 15) is 0 Å². The molecule has 0 saturated heterocycles. The van der Waals surface area contributed by atoms with Crippen LogP contribution in [0.15, 0.2) is 24.3 Å². The van der Waals surface area contributed by atoms with Crippen LogP contribution in [0.3, 0.4) is 0 Å². The molecule has 2 rings (SSSR count). The van der Waals surface area contributed by atoms with Crippen LogP contribution in [0.25, 0.3) is 10.8 Å². The Kier molecular flexibility index (Phi) is 8.92. The molecule has 0 spiro atoms. The van der Waals surface area contributed by atoms with Crippen LogP contribution in [-0.2, 0) is 26.2 Å². The fraction of sp³-hybridized carbons (Fsp3) is 0.214. The zero-order valence-corrected chi connectivity index (χ0v) is 14.3. The number of hydrogen-bond donors (Lipinski definition) is 3. The summed E-state index contributed by atoms with van der Waals surface area (Å²) in [6, 6.07) is 8.61. The first-order valence-electron chi connectivity index (χ1n) is 5.06. The predicted molar refractivity (Wildman–Crippen MR) is 81.0 cm³/mol. The molecule has 4 heteroatoms. The average molecular weight is 324 g/mol. The van der Waals surface area contributed by atoms with Gasteiger partial charge in [0.15, 0.2) is 0 Å². The predicted octanol–water partition coefficient (Wildman–Crippen LogP) is 3.58. The van der Waals surface area contributed by atoms with Gasteiger partial charge in [0.1, 0.15) is 0 Å². The maximum absolute atomic E-state index is 3.18. The van der Waals surface area contributed by atoms with E-state index in [1.165, 1.54) is 10.8 Å². The second-order valence-electron chi connectivity index (χ2n) is 3.52. The zero-order valence-electron chi connectivity index (χ0n) is 11.8. The van der Waals surface area contributed by atoms with Gasteiger partial charge in [0.05, 0.1) is 0 Å². The summed E-state index contributed by atoms with van der Waals surface area (Å²) in [6.45, 7) is 0. The SMILES string of the molecule is CNc1cc2cc(NC)c(NC)cc2[cH-]1.[CH3-].[CH3-].[Zr+3]. The normalized spacial score (nSPS) is 8.61. The molecule has 2 aromatic rings. The van der Waals surface area contributed by atoms with E-state index in [0.29, 0.717) is 0 Å². The molecule has 0 aliphatic heterocycles. The number of rotatable bonds is 3. The molecule has 1 radical (unpaired) electrons. The van der Waals surface area contributed by atoms with Crippen LogP contribution in [-0.4, -0.2) is 21.1 Å². The van der Waals surface area contributed by atoms with Crippen LogP contribution in [0, 0.1) is 14.9 Å². The summed E-state index contributed by atoms with van der Waals surface area (Å²) in [7, 11) is 5.81. The molecule has 3 nitrogen and oxygen atoms in total. The molecule has 0 amide bonds. The van der Waals surface area contributed by atoms with Crippen molar-refractivity contribution in [2.24, 2.45) is 0 Å². The summed E-state index contributed by atoms with van der Waals surface area (Å²) in [5.41, 5.74) is 3.40. The maximum atomic E-state index is 3.18. The Hall–Kier alpha value is -0.887. The molecule has 0 saturated carbocycles. The van der Waals surface area contributed by atoms with Crippen molar-refractivity contribution in [2.75, 3.05) is 37.1 Å². The van der Waals surface area contributed by atoms with Gasteiger partial charge in [-0.25, -0.2) is 0 Å². The fourth-order valence-corrected chi connectivity index (χ4v) is 1.82. The number of fused-ring (bicyclic) bond motifs is 1. The third-order valence-corrected chi connectivity index (χ3v) is 2.67. The van der Waals surface area contributed by atoms with Gasteiger partial charge < -0.3 is 30.8 Å². The molecule has 2 aromatic carbocycles. The molecule has 0 heterocycles. The Balaban J connectivity index is 0. The molecule has 0 fully saturated rings. The number of anilines is 3. The Labute approximate surface area is 130 Å². The van der Waals surface area contributed by atoms with Crippen LogP contribution in [0.2, 0.25) is 0 Å². The van der Waals surface area contributed by atoms with Crippen molar-refractivity contribution in [1.29, 1.82) is 0 Å². The van der Waals surface area contributed by atoms with Crippen molar-refractivity contribution in [3.8, 4) is 0 Å². The summed E-state index contributed by atoms with van der Waals surface area (Å²) in [5, 5.41) is 12.0. The third kappa shape index (κ3) is 3.55. The van der Waals surface area contributed by atoms with E-state index < -0.39 is 0 Å². The van der Waals surface area contributed by atoms with E-state index in [0.717, 1.165) is 17.1 Å². The summed E-state index contributed by atoms with van der Waals surface area (Å²) < 4.78 is 0. The largest absolute Gasteiger partial charge is 3.00 e. The first kappa shape index (κ1) is 19.5. The molecular formula is C14H22N3Zr. The van der Waals surface area contributed by atoms with Gasteiger partial charge in [0.2, 0.25) is 0 Å². The smallest absolute Gasteiger partial charge is 0.404 e. The first-order chi connectivity index (χ1) is 7.28. The standard InChI is InChI=1S/C12H16N3.2CH3.Zr/c1-13-10-4-8-6-11(14-2)12(15-3)7-9(8)5-10;;;/h4-7,13-15H,1-3H3;2*1H3;/q3*-1;+3. The van der Waals surface area contributed by atoms with Crippen molar-refractivity contribution in [3.63, 3.8) is 0 Å². The minimum Gasteiger partial charge on any atom is -0.404 e. The Bertz CT molecular complexity index is 436. The van der Waals surface area contributed by atoms with Gasteiger partial charge >= 0.3 is 26.2 Å². The van der Waals surface area contributed by atoms with Crippen molar-refractivity contribution in [1.82, 2.24) is 0 Å². The molecule has 0 aliphatic carbocycles. The molecule has 0 aliphatic rings. The van der Waals surface area contributed by atoms with Crippen molar-refractivity contribution in [2.45, 2.75) is 0 Å². The molecule has 97 valence electrons. The van der Waals surface area contributed by atoms with Crippen LogP contribution < -0.4 is 16.0 Å². The van der Waals surface area contributed by atoms with Crippen LogP contribution >= 0.6 is 0 Å². The molecule has 18 heavy (non-hydrogen) atoms. The molecule has 0 bridgehead atoms. The summed E-state index contributed by atoms with van der Waals surface area (Å²) in [5.74, 6) is 0. The van der Waals surface area contributed by atoms with Gasteiger partial charge in [-0.2, -0.15) is 0 Å². The molecule has 0 unspecified atom stereocenters. The van der Waals surface area contributed by atoms with Crippen LogP contribution in [0.5, 0.6) is 0 Å². The summed E-state index contributed by atoms with van der Waals surface area (Å²) in [4.78, 5) is 0. The van der Waals surface area contributed by atoms with Crippen LogP contribution in [0.1, 0.15) is 0 Å². The van der Waals surface area contributed by atoms with Gasteiger partial charge in [0.25, 0.3) is 0 Å². The summed E-state index contributed by atoms with van der Waals surface area (Å²) in [6.07, 6.45) is 0. The Morgan fingerprint density at radius 3 is 1.89 bits per heavy atom. The molecule has 3 N–H and O–H groups in total. The molecule has 0 atom stereocenters. The number of hydrogen-bond acceptors (Lipinski definition) is 3. The minimum atomic E-state index is 0. The van der Waals surface area contributed by atoms with Gasteiger partial charge in [-0.15, -0.1) is 29.0 Å². The Morgan fingerprint density at radius 2 is 1.39 bits per heavy atom. The Morgan fingerprint density at radius 1 is 0.833 bits per heavy atom. The monoisotopic (exact) mass is 322 g/mol. The quantitative estimate of drug-likeness (QED) is 0.756. The average Bonchev–Trinajstić information content (AvgIpc) is 2.68. The molecule has 0 aromatic heterocycles. The number of nitrogens with one attached hydrogen (secondary N) is 3. The van der Waals surface area contributed by atoms with E-state index >= 15 is 0 Å². The van der Waals surface area contributed by atoms with Gasteiger partial charge in [-0.1, -0.05) is 11.8 Å². The van der Waals surface area contributed by atoms with Crippen molar-refractivity contribution < 1.29 is 26.2 Å². The van der Waals surface area contributed by atoms with E-state index in [-0.39, 0.29) is 41.1 Å². The van der Waals surface area contributed by atoms with Crippen molar-refractivity contribution >= 4 is 27.8 Å². The topological polar surface area (TPSA) is 36.1 Å². The first-order valence-corrected chi connectivity index (χ1v) is 5.06. The van der Waals surface area contributed by atoms with E-state index in [2.05, 4.69) is 40.2 Å². The van der Waals surface area contributed by atoms with Gasteiger partial charge in [-0.3, -0.25) is 0 Å². The second kappa shape index (κ2) is 8.26. The van der Waals surface area contributed by atoms with Crippen LogP contribution in [0.4, 0.5) is 17.1 Å². The minimum absolute atomic E-state index is 0. The molecular weight excluding hydrogens is 301 g/mol. The zero-order chi connectivity index (χ0) is 10.8. The summed E-state index contributed by atoms with van der Waals surface area (Å²) >= 11 is 0. The third-order valence-electron chi connectivity index (χ3n) is 2.67. The second-order valence-corrected chi connectivity index (χ2v) is 3.52. The van der Waals surface area contributed by atoms with Gasteiger partial charge in [-0.05, 0) is 0 Å². The van der Waals surface area contributed by atoms with E-state index in [1.54, 1.807) is 0 Å². The fourth-order valence-electron chi connectivity index (χ4n) is 1.82. The van der Waals surface area contributed by atoms with E-state index in [1.807, 2.05) is 21.1 Å².